The van der Waals surface area contributed by atoms with Gasteiger partial charge in [0.2, 0.25) is 0 Å². The predicted octanol–water partition coefficient (Wildman–Crippen LogP) is 4.17. The Morgan fingerprint density at radius 1 is 1.28 bits per heavy atom. The van der Waals surface area contributed by atoms with Crippen molar-refractivity contribution in [2.75, 3.05) is 6.54 Å². The maximum atomic E-state index is 4.71. The Morgan fingerprint density at radius 3 is 2.61 bits per heavy atom. The lowest BCUT2D eigenvalue weighted by Crippen LogP contribution is -2.37. The molecule has 104 valence electrons. The smallest absolute Gasteiger partial charge is 0.160 e. The van der Waals surface area contributed by atoms with Gasteiger partial charge in [-0.15, -0.1) is 0 Å². The summed E-state index contributed by atoms with van der Waals surface area (Å²) in [7, 11) is 0. The Hall–Kier alpha value is 0.170. The number of thiol groups is 1. The van der Waals surface area contributed by atoms with E-state index >= 15 is 0 Å². The molecule has 0 spiro atoms. The van der Waals surface area contributed by atoms with E-state index in [4.69, 9.17) is 4.99 Å². The molecule has 0 aromatic carbocycles. The van der Waals surface area contributed by atoms with Crippen LogP contribution in [0.3, 0.4) is 0 Å². The molecule has 1 aliphatic carbocycles. The van der Waals surface area contributed by atoms with Crippen LogP contribution in [0.4, 0.5) is 0 Å². The molecule has 18 heavy (non-hydrogen) atoms. The molecule has 1 saturated heterocycles. The molecule has 0 aromatic rings. The predicted molar refractivity (Wildman–Crippen MR) is 85.7 cm³/mol. The van der Waals surface area contributed by atoms with E-state index in [1.165, 1.54) is 50.1 Å². The SMILES string of the molecule is CCN1/C(=N\C(C)S)SC2CCCCCCCC21. The van der Waals surface area contributed by atoms with Crippen LogP contribution in [0, 0.1) is 0 Å². The summed E-state index contributed by atoms with van der Waals surface area (Å²) < 4.78 is 0. The van der Waals surface area contributed by atoms with Gasteiger partial charge in [-0.2, -0.15) is 12.6 Å². The fourth-order valence-corrected chi connectivity index (χ4v) is 4.88. The van der Waals surface area contributed by atoms with Gasteiger partial charge in [-0.05, 0) is 26.7 Å². The van der Waals surface area contributed by atoms with Crippen molar-refractivity contribution in [2.24, 2.45) is 4.99 Å². The van der Waals surface area contributed by atoms with Crippen LogP contribution >= 0.6 is 24.4 Å². The Kier molecular flexibility index (Phi) is 5.74. The van der Waals surface area contributed by atoms with Gasteiger partial charge < -0.3 is 4.90 Å². The van der Waals surface area contributed by atoms with Crippen LogP contribution in [0.25, 0.3) is 0 Å². The number of rotatable bonds is 2. The van der Waals surface area contributed by atoms with Crippen molar-refractivity contribution < 1.29 is 0 Å². The third-order valence-corrected chi connectivity index (χ3v) is 5.48. The third kappa shape index (κ3) is 3.60. The van der Waals surface area contributed by atoms with E-state index in [-0.39, 0.29) is 5.37 Å². The van der Waals surface area contributed by atoms with E-state index in [0.29, 0.717) is 0 Å². The highest BCUT2D eigenvalue weighted by molar-refractivity contribution is 8.14. The maximum absolute atomic E-state index is 4.71. The molecule has 0 aromatic heterocycles. The fourth-order valence-electron chi connectivity index (χ4n) is 3.08. The summed E-state index contributed by atoms with van der Waals surface area (Å²) in [5, 5.41) is 2.14. The topological polar surface area (TPSA) is 15.6 Å². The van der Waals surface area contributed by atoms with Crippen LogP contribution in [-0.2, 0) is 0 Å². The number of amidine groups is 1. The monoisotopic (exact) mass is 286 g/mol. The summed E-state index contributed by atoms with van der Waals surface area (Å²) in [6, 6.07) is 0.726. The normalized spacial score (nSPS) is 33.7. The Morgan fingerprint density at radius 2 is 1.94 bits per heavy atom. The highest BCUT2D eigenvalue weighted by atomic mass is 32.2. The van der Waals surface area contributed by atoms with Crippen LogP contribution in [0.15, 0.2) is 4.99 Å². The largest absolute Gasteiger partial charge is 0.348 e. The first kappa shape index (κ1) is 14.6. The summed E-state index contributed by atoms with van der Waals surface area (Å²) >= 11 is 6.43. The number of hydrogen-bond donors (Lipinski definition) is 1. The number of hydrogen-bond acceptors (Lipinski definition) is 3. The van der Waals surface area contributed by atoms with Gasteiger partial charge >= 0.3 is 0 Å². The van der Waals surface area contributed by atoms with Crippen LogP contribution in [-0.4, -0.2) is 33.3 Å². The Balaban J connectivity index is 2.11. The zero-order valence-electron chi connectivity index (χ0n) is 11.6. The van der Waals surface area contributed by atoms with E-state index in [0.717, 1.165) is 17.8 Å². The van der Waals surface area contributed by atoms with Crippen LogP contribution in [0.5, 0.6) is 0 Å². The molecule has 2 aliphatic rings. The molecule has 0 bridgehead atoms. The van der Waals surface area contributed by atoms with Crippen molar-refractivity contribution in [3.63, 3.8) is 0 Å². The Labute approximate surface area is 121 Å². The maximum Gasteiger partial charge on any atom is 0.160 e. The van der Waals surface area contributed by atoms with Gasteiger partial charge in [0.1, 0.15) is 0 Å². The summed E-state index contributed by atoms with van der Waals surface area (Å²) in [5.74, 6) is 0. The van der Waals surface area contributed by atoms with Crippen LogP contribution < -0.4 is 0 Å². The van der Waals surface area contributed by atoms with Gasteiger partial charge in [-0.25, -0.2) is 4.99 Å². The number of nitrogens with zero attached hydrogens (tertiary/aromatic N) is 2. The number of aliphatic imine (C=N–C) groups is 1. The molecule has 2 rings (SSSR count). The van der Waals surface area contributed by atoms with Gasteiger partial charge in [0, 0.05) is 17.8 Å². The molecule has 4 heteroatoms. The van der Waals surface area contributed by atoms with Crippen LogP contribution in [0.1, 0.15) is 58.8 Å². The molecule has 3 atom stereocenters. The average molecular weight is 287 g/mol. The third-order valence-electron chi connectivity index (χ3n) is 3.96. The summed E-state index contributed by atoms with van der Waals surface area (Å²) in [6.45, 7) is 5.40. The van der Waals surface area contributed by atoms with Crippen molar-refractivity contribution in [2.45, 2.75) is 75.5 Å². The minimum Gasteiger partial charge on any atom is -0.348 e. The molecular formula is C14H26N2S2. The summed E-state index contributed by atoms with van der Waals surface area (Å²) in [4.78, 5) is 7.24. The highest BCUT2D eigenvalue weighted by Crippen LogP contribution is 2.38. The standard InChI is InChI=1S/C14H26N2S2/c1-3-16-12-9-7-5-4-6-8-10-13(12)18-14(16)15-11(2)17/h11-13,17H,3-10H2,1-2H3/b15-14+. The molecule has 2 fully saturated rings. The average Bonchev–Trinajstić information content (AvgIpc) is 2.67. The first-order valence-electron chi connectivity index (χ1n) is 7.41. The molecule has 2 nitrogen and oxygen atoms in total. The van der Waals surface area contributed by atoms with E-state index < -0.39 is 0 Å². The molecular weight excluding hydrogens is 260 g/mol. The summed E-state index contributed by atoms with van der Waals surface area (Å²) in [5.41, 5.74) is 0. The second-order valence-corrected chi connectivity index (χ2v) is 7.35. The minimum atomic E-state index is 0.119. The van der Waals surface area contributed by atoms with Gasteiger partial charge in [0.05, 0.1) is 5.37 Å². The van der Waals surface area contributed by atoms with Crippen LogP contribution in [0.2, 0.25) is 0 Å². The lowest BCUT2D eigenvalue weighted by molar-refractivity contribution is 0.306. The van der Waals surface area contributed by atoms with Gasteiger partial charge in [-0.3, -0.25) is 0 Å². The molecule has 1 heterocycles. The van der Waals surface area contributed by atoms with E-state index in [9.17, 15) is 0 Å². The van der Waals surface area contributed by atoms with Crippen molar-refractivity contribution in [1.29, 1.82) is 0 Å². The first-order chi connectivity index (χ1) is 8.72. The van der Waals surface area contributed by atoms with Gasteiger partial charge in [0.25, 0.3) is 0 Å². The number of thioether (sulfide) groups is 1. The fraction of sp³-hybridized carbons (Fsp3) is 0.929. The lowest BCUT2D eigenvalue weighted by atomic mass is 10.0. The Bertz CT molecular complexity index is 292. The second-order valence-electron chi connectivity index (χ2n) is 5.40. The zero-order valence-corrected chi connectivity index (χ0v) is 13.3. The van der Waals surface area contributed by atoms with E-state index in [1.807, 2.05) is 11.8 Å². The van der Waals surface area contributed by atoms with E-state index in [1.54, 1.807) is 0 Å². The number of fused-ring (bicyclic) bond motifs is 1. The minimum absolute atomic E-state index is 0.119. The zero-order chi connectivity index (χ0) is 13.0. The van der Waals surface area contributed by atoms with Gasteiger partial charge in [0.15, 0.2) is 5.17 Å². The van der Waals surface area contributed by atoms with Gasteiger partial charge in [-0.1, -0.05) is 43.9 Å². The summed E-state index contributed by atoms with van der Waals surface area (Å²) in [6.07, 6.45) is 9.78. The van der Waals surface area contributed by atoms with Crippen molar-refractivity contribution in [1.82, 2.24) is 4.90 Å². The molecule has 1 saturated carbocycles. The highest BCUT2D eigenvalue weighted by Gasteiger charge is 2.37. The van der Waals surface area contributed by atoms with E-state index in [2.05, 4.69) is 31.4 Å². The molecule has 1 aliphatic heterocycles. The van der Waals surface area contributed by atoms with Crippen molar-refractivity contribution in [3.05, 3.63) is 0 Å². The van der Waals surface area contributed by atoms with Crippen molar-refractivity contribution in [3.8, 4) is 0 Å². The first-order valence-corrected chi connectivity index (χ1v) is 8.81. The molecule has 3 unspecified atom stereocenters. The molecule has 0 radical (unpaired) electrons. The lowest BCUT2D eigenvalue weighted by Gasteiger charge is -2.27. The quantitative estimate of drug-likeness (QED) is 0.767. The van der Waals surface area contributed by atoms with Crippen molar-refractivity contribution >= 4 is 29.6 Å². The second kappa shape index (κ2) is 7.09. The molecule has 0 amide bonds. The molecule has 0 N–H and O–H groups in total.